The van der Waals surface area contributed by atoms with Gasteiger partial charge in [0.15, 0.2) is 0 Å². The Bertz CT molecular complexity index is 1080. The summed E-state index contributed by atoms with van der Waals surface area (Å²) < 4.78 is 4.86. The molecule has 1 aromatic carbocycles. The lowest BCUT2D eigenvalue weighted by Crippen LogP contribution is -2.57. The van der Waals surface area contributed by atoms with Crippen LogP contribution in [-0.2, 0) is 35.3 Å². The van der Waals surface area contributed by atoms with Crippen molar-refractivity contribution in [1.82, 2.24) is 20.9 Å². The number of fused-ring (bicyclic) bond motifs is 1. The van der Waals surface area contributed by atoms with E-state index in [2.05, 4.69) is 21.3 Å². The van der Waals surface area contributed by atoms with Gasteiger partial charge in [-0.15, -0.1) is 0 Å². The fourth-order valence-electron chi connectivity index (χ4n) is 5.34. The van der Waals surface area contributed by atoms with Crippen molar-refractivity contribution in [3.63, 3.8) is 0 Å². The molecule has 1 aromatic rings. The quantitative estimate of drug-likeness (QED) is 0.366. The van der Waals surface area contributed by atoms with E-state index >= 15 is 0 Å². The number of benzene rings is 1. The van der Waals surface area contributed by atoms with E-state index in [9.17, 15) is 24.0 Å². The molecule has 3 fully saturated rings. The van der Waals surface area contributed by atoms with E-state index in [0.29, 0.717) is 18.5 Å². The van der Waals surface area contributed by atoms with Crippen molar-refractivity contribution in [2.75, 3.05) is 19.0 Å². The van der Waals surface area contributed by atoms with E-state index < -0.39 is 24.0 Å². The highest BCUT2D eigenvalue weighted by atomic mass is 16.5. The highest BCUT2D eigenvalue weighted by Crippen LogP contribution is 2.31. The Kier molecular flexibility index (Phi) is 8.98. The number of esters is 1. The molecule has 4 N–H and O–H groups in total. The van der Waals surface area contributed by atoms with Crippen molar-refractivity contribution in [1.29, 1.82) is 0 Å². The number of nitrogens with zero attached hydrogens (tertiary/aromatic N) is 1. The van der Waals surface area contributed by atoms with E-state index in [1.807, 2.05) is 6.07 Å². The van der Waals surface area contributed by atoms with Crippen LogP contribution in [0.15, 0.2) is 24.3 Å². The van der Waals surface area contributed by atoms with Crippen molar-refractivity contribution in [2.24, 2.45) is 5.92 Å². The maximum absolute atomic E-state index is 13.5. The van der Waals surface area contributed by atoms with Gasteiger partial charge in [0.25, 0.3) is 0 Å². The summed E-state index contributed by atoms with van der Waals surface area (Å²) in [5, 5.41) is 11.5. The molecule has 3 aliphatic heterocycles. The van der Waals surface area contributed by atoms with Gasteiger partial charge in [0.1, 0.15) is 18.7 Å². The van der Waals surface area contributed by atoms with Crippen LogP contribution in [0.3, 0.4) is 0 Å². The molecule has 0 radical (unpaired) electrons. The van der Waals surface area contributed by atoms with Gasteiger partial charge in [0.05, 0.1) is 18.4 Å². The minimum Gasteiger partial charge on any atom is -0.465 e. The number of hydrogen-bond donors (Lipinski definition) is 4. The zero-order valence-electron chi connectivity index (χ0n) is 22.0. The zero-order chi connectivity index (χ0) is 27.2. The van der Waals surface area contributed by atoms with Gasteiger partial charge in [-0.3, -0.25) is 24.0 Å². The molecular formula is C27H37N5O6. The summed E-state index contributed by atoms with van der Waals surface area (Å²) >= 11 is 0. The molecule has 0 spiro atoms. The van der Waals surface area contributed by atoms with Crippen LogP contribution in [0.2, 0.25) is 0 Å². The molecule has 0 aromatic heterocycles. The minimum absolute atomic E-state index is 0.00957. The molecule has 1 unspecified atom stereocenters. The highest BCUT2D eigenvalue weighted by Gasteiger charge is 2.43. The van der Waals surface area contributed by atoms with Crippen molar-refractivity contribution in [3.05, 3.63) is 29.8 Å². The number of amides is 4. The van der Waals surface area contributed by atoms with Gasteiger partial charge in [0.2, 0.25) is 23.6 Å². The second-order valence-electron chi connectivity index (χ2n) is 10.3. The van der Waals surface area contributed by atoms with Gasteiger partial charge < -0.3 is 30.9 Å². The molecule has 5 atom stereocenters. The molecule has 0 aliphatic carbocycles. The minimum atomic E-state index is -0.643. The van der Waals surface area contributed by atoms with Crippen LogP contribution < -0.4 is 21.3 Å². The molecule has 4 rings (SSSR count). The molecule has 11 heteroatoms. The summed E-state index contributed by atoms with van der Waals surface area (Å²) in [6.07, 6.45) is 4.60. The number of cyclic esters (lactones) is 1. The number of likely N-dealkylation sites (N-methyl/N-ethyl adjacent to an activating group) is 1. The Hall–Kier alpha value is -3.47. The normalized spacial score (nSPS) is 26.0. The SMILES string of the molecule is CN[C@@H](C)C(=O)N[C@H]1CCCC[C@H]2CC[C@@H](C(=O)NCc3cccc(NC(=O)C4COC(=O)C4)c3)N2C1=O. The van der Waals surface area contributed by atoms with Gasteiger partial charge in [-0.05, 0) is 57.4 Å². The Labute approximate surface area is 222 Å². The predicted molar refractivity (Wildman–Crippen MR) is 139 cm³/mol. The zero-order valence-corrected chi connectivity index (χ0v) is 22.0. The number of carbonyl (C=O) groups is 5. The van der Waals surface area contributed by atoms with Crippen LogP contribution in [0.5, 0.6) is 0 Å². The second-order valence-corrected chi connectivity index (χ2v) is 10.3. The fourth-order valence-corrected chi connectivity index (χ4v) is 5.34. The molecule has 0 bridgehead atoms. The number of nitrogens with one attached hydrogen (secondary N) is 4. The molecule has 3 aliphatic rings. The van der Waals surface area contributed by atoms with Gasteiger partial charge in [-0.25, -0.2) is 0 Å². The third kappa shape index (κ3) is 6.50. The molecular weight excluding hydrogens is 490 g/mol. The van der Waals surface area contributed by atoms with Crippen LogP contribution in [0.25, 0.3) is 0 Å². The largest absolute Gasteiger partial charge is 0.465 e. The van der Waals surface area contributed by atoms with Gasteiger partial charge >= 0.3 is 5.97 Å². The maximum atomic E-state index is 13.5. The molecule has 11 nitrogen and oxygen atoms in total. The molecule has 206 valence electrons. The third-order valence-electron chi connectivity index (χ3n) is 7.67. The molecule has 3 saturated heterocycles. The average Bonchev–Trinajstić information content (AvgIpc) is 3.53. The van der Waals surface area contributed by atoms with Crippen LogP contribution >= 0.6 is 0 Å². The van der Waals surface area contributed by atoms with Crippen molar-refractivity contribution in [3.8, 4) is 0 Å². The summed E-state index contributed by atoms with van der Waals surface area (Å²) in [5.41, 5.74) is 1.35. The average molecular weight is 528 g/mol. The Balaban J connectivity index is 1.37. The molecule has 38 heavy (non-hydrogen) atoms. The first-order valence-electron chi connectivity index (χ1n) is 13.4. The fraction of sp³-hybridized carbons (Fsp3) is 0.593. The molecule has 4 amide bonds. The lowest BCUT2D eigenvalue weighted by atomic mass is 9.98. The van der Waals surface area contributed by atoms with E-state index in [4.69, 9.17) is 4.74 Å². The van der Waals surface area contributed by atoms with E-state index in [0.717, 1.165) is 31.2 Å². The monoisotopic (exact) mass is 527 g/mol. The second kappa shape index (κ2) is 12.4. The maximum Gasteiger partial charge on any atom is 0.306 e. The number of ether oxygens (including phenoxy) is 1. The summed E-state index contributed by atoms with van der Waals surface area (Å²) in [5.74, 6) is -1.83. The number of hydrogen-bond acceptors (Lipinski definition) is 7. The lowest BCUT2D eigenvalue weighted by Gasteiger charge is -2.35. The van der Waals surface area contributed by atoms with Gasteiger partial charge in [0, 0.05) is 18.3 Å². The Morgan fingerprint density at radius 3 is 2.61 bits per heavy atom. The predicted octanol–water partition coefficient (Wildman–Crippen LogP) is 0.831. The van der Waals surface area contributed by atoms with E-state index in [1.165, 1.54) is 0 Å². The topological polar surface area (TPSA) is 146 Å². The summed E-state index contributed by atoms with van der Waals surface area (Å²) in [6.45, 7) is 2.05. The first-order chi connectivity index (χ1) is 18.3. The summed E-state index contributed by atoms with van der Waals surface area (Å²) in [7, 11) is 1.69. The number of anilines is 1. The Morgan fingerprint density at radius 2 is 1.87 bits per heavy atom. The van der Waals surface area contributed by atoms with Crippen LogP contribution in [-0.4, -0.2) is 72.3 Å². The summed E-state index contributed by atoms with van der Waals surface area (Å²) in [6, 6.07) is 5.46. The first-order valence-corrected chi connectivity index (χ1v) is 13.4. The van der Waals surface area contributed by atoms with Crippen LogP contribution in [0.4, 0.5) is 5.69 Å². The van der Waals surface area contributed by atoms with Crippen molar-refractivity contribution in [2.45, 2.75) is 82.6 Å². The standard InChI is InChI=1S/C27H37N5O6/c1-16(28-2)24(34)31-21-9-4-3-8-20-10-11-22(32(20)27(21)37)26(36)29-14-17-6-5-7-19(12-17)30-25(35)18-13-23(33)38-15-18/h5-7,12,16,18,20-22,28H,3-4,8-11,13-15H2,1-2H3,(H,29,36)(H,30,35)(H,31,34)/t16-,18?,20-,21-,22-/m0/s1. The first kappa shape index (κ1) is 27.6. The molecule has 0 saturated carbocycles. The number of rotatable bonds is 8. The lowest BCUT2D eigenvalue weighted by molar-refractivity contribution is -0.144. The number of carbonyl (C=O) groups excluding carboxylic acids is 5. The third-order valence-corrected chi connectivity index (χ3v) is 7.67. The van der Waals surface area contributed by atoms with Crippen LogP contribution in [0, 0.1) is 5.92 Å². The smallest absolute Gasteiger partial charge is 0.306 e. The highest BCUT2D eigenvalue weighted by molar-refractivity contribution is 5.96. The Morgan fingerprint density at radius 1 is 1.08 bits per heavy atom. The van der Waals surface area contributed by atoms with E-state index in [1.54, 1.807) is 37.1 Å². The van der Waals surface area contributed by atoms with Crippen molar-refractivity contribution < 1.29 is 28.7 Å². The van der Waals surface area contributed by atoms with Gasteiger partial charge in [-0.2, -0.15) is 0 Å². The van der Waals surface area contributed by atoms with Crippen LogP contribution in [0.1, 0.15) is 57.4 Å². The summed E-state index contributed by atoms with van der Waals surface area (Å²) in [4.78, 5) is 64.6. The van der Waals surface area contributed by atoms with E-state index in [-0.39, 0.29) is 55.2 Å². The molecule has 3 heterocycles. The van der Waals surface area contributed by atoms with Gasteiger partial charge in [-0.1, -0.05) is 25.0 Å². The van der Waals surface area contributed by atoms with Crippen molar-refractivity contribution >= 4 is 35.3 Å².